The Morgan fingerprint density at radius 1 is 1.00 bits per heavy atom. The number of aromatic nitrogens is 1. The number of anilines is 2. The lowest BCUT2D eigenvalue weighted by Crippen LogP contribution is -2.29. The second-order valence-electron chi connectivity index (χ2n) is 8.80. The number of Topliss-reactive ketones (excluding diaryl/α,β-unsaturated/α-hetero) is 1. The number of aryl methyl sites for hydroxylation is 1. The molecule has 8 heteroatoms. The maximum Gasteiger partial charge on any atom is 0.222 e. The highest BCUT2D eigenvalue weighted by Gasteiger charge is 2.31. The molecule has 1 amide bonds. The Morgan fingerprint density at radius 3 is 2.28 bits per heavy atom. The maximum atomic E-state index is 12.9. The number of ketones is 1. The Kier molecular flexibility index (Phi) is 7.50. The largest absolute Gasteiger partial charge is 0.361 e. The molecule has 0 unspecified atom stereocenters. The predicted molar refractivity (Wildman–Crippen MR) is 138 cm³/mol. The van der Waals surface area contributed by atoms with Crippen molar-refractivity contribution < 1.29 is 14.1 Å². The van der Waals surface area contributed by atoms with Crippen LogP contribution in [0.3, 0.4) is 0 Å². The van der Waals surface area contributed by atoms with Gasteiger partial charge in [0, 0.05) is 58.6 Å². The minimum atomic E-state index is -0.337. The first-order valence-corrected chi connectivity index (χ1v) is 11.9. The van der Waals surface area contributed by atoms with E-state index < -0.39 is 0 Å². The molecule has 4 rings (SSSR count). The molecule has 36 heavy (non-hydrogen) atoms. The quantitative estimate of drug-likeness (QED) is 0.329. The molecule has 0 fully saturated rings. The van der Waals surface area contributed by atoms with Crippen molar-refractivity contribution in [3.63, 3.8) is 0 Å². The van der Waals surface area contributed by atoms with Gasteiger partial charge in [-0.15, -0.1) is 0 Å². The van der Waals surface area contributed by atoms with Gasteiger partial charge in [-0.3, -0.25) is 9.59 Å². The molecule has 0 atom stereocenters. The molecule has 0 saturated heterocycles. The zero-order valence-electron chi connectivity index (χ0n) is 20.8. The first kappa shape index (κ1) is 24.7. The summed E-state index contributed by atoms with van der Waals surface area (Å²) in [5, 5.41) is 13.9. The Labute approximate surface area is 211 Å². The number of carbonyl (C=O) groups is 2. The molecular weight excluding hydrogens is 454 g/mol. The van der Waals surface area contributed by atoms with Crippen LogP contribution in [0.2, 0.25) is 0 Å². The number of nitrogens with zero attached hydrogens (tertiary/aromatic N) is 5. The van der Waals surface area contributed by atoms with Crippen LogP contribution in [0.5, 0.6) is 0 Å². The Hall–Kier alpha value is -4.38. The van der Waals surface area contributed by atoms with Gasteiger partial charge in [-0.1, -0.05) is 47.6 Å². The molecule has 0 aliphatic carbocycles. The molecule has 8 nitrogen and oxygen atoms in total. The van der Waals surface area contributed by atoms with Gasteiger partial charge in [0.25, 0.3) is 0 Å². The van der Waals surface area contributed by atoms with Crippen LogP contribution >= 0.6 is 0 Å². The van der Waals surface area contributed by atoms with Gasteiger partial charge >= 0.3 is 0 Å². The van der Waals surface area contributed by atoms with E-state index >= 15 is 0 Å². The highest BCUT2D eigenvalue weighted by atomic mass is 16.5. The van der Waals surface area contributed by atoms with Crippen LogP contribution in [0, 0.1) is 11.3 Å². The average molecular weight is 484 g/mol. The van der Waals surface area contributed by atoms with Crippen LogP contribution in [0.1, 0.15) is 25.0 Å². The molecule has 184 valence electrons. The van der Waals surface area contributed by atoms with E-state index in [1.807, 2.05) is 84.6 Å². The number of benzene rings is 2. The Balaban J connectivity index is 1.28. The van der Waals surface area contributed by atoms with Crippen LogP contribution in [-0.4, -0.2) is 49.4 Å². The van der Waals surface area contributed by atoms with Gasteiger partial charge in [0.05, 0.1) is 11.4 Å². The monoisotopic (exact) mass is 483 g/mol. The first-order valence-electron chi connectivity index (χ1n) is 11.9. The number of nitriles is 1. The number of amides is 1. The molecule has 0 N–H and O–H groups in total. The summed E-state index contributed by atoms with van der Waals surface area (Å²) in [5.74, 6) is 0.827. The fraction of sp³-hybridized carbons (Fsp3) is 0.286. The lowest BCUT2D eigenvalue weighted by atomic mass is 10.1. The van der Waals surface area contributed by atoms with Crippen molar-refractivity contribution in [2.45, 2.75) is 25.7 Å². The molecule has 1 aliphatic rings. The van der Waals surface area contributed by atoms with E-state index in [-0.39, 0.29) is 30.1 Å². The van der Waals surface area contributed by atoms with Gasteiger partial charge in [0.1, 0.15) is 28.9 Å². The Bertz CT molecular complexity index is 1290. The first-order chi connectivity index (χ1) is 17.4. The highest BCUT2D eigenvalue weighted by Crippen LogP contribution is 2.40. The second-order valence-corrected chi connectivity index (χ2v) is 8.80. The van der Waals surface area contributed by atoms with Gasteiger partial charge in [-0.25, -0.2) is 0 Å². The summed E-state index contributed by atoms with van der Waals surface area (Å²) in [7, 11) is 5.39. The number of hydrogen-bond acceptors (Lipinski definition) is 7. The van der Waals surface area contributed by atoms with Crippen LogP contribution in [0.4, 0.5) is 11.4 Å². The average Bonchev–Trinajstić information content (AvgIpc) is 3.47. The van der Waals surface area contributed by atoms with Crippen LogP contribution in [-0.2, 0) is 16.0 Å². The molecule has 2 aromatic carbocycles. The zero-order chi connectivity index (χ0) is 25.7. The molecule has 0 spiro atoms. The van der Waals surface area contributed by atoms with Crippen LogP contribution in [0.25, 0.3) is 11.3 Å². The van der Waals surface area contributed by atoms with E-state index in [2.05, 4.69) is 11.2 Å². The third kappa shape index (κ3) is 5.15. The summed E-state index contributed by atoms with van der Waals surface area (Å²) in [6.45, 7) is 0.529. The van der Waals surface area contributed by atoms with Crippen molar-refractivity contribution in [1.29, 1.82) is 5.26 Å². The minimum Gasteiger partial charge on any atom is -0.361 e. The van der Waals surface area contributed by atoms with Gasteiger partial charge < -0.3 is 19.2 Å². The molecule has 1 aromatic heterocycles. The standard InChI is InChI=1S/C28H29N5O3/c1-31(17-9-12-21-18-23(30-36-21)20-10-5-4-6-11-20)27(35)16-15-26(34)22(19-29)28-32(2)24-13-7-8-14-25(24)33(28)3/h4-8,10-11,13-14,18H,9,12,15-17H2,1-3H3. The predicted octanol–water partition coefficient (Wildman–Crippen LogP) is 4.40. The smallest absolute Gasteiger partial charge is 0.222 e. The van der Waals surface area contributed by atoms with Crippen molar-refractivity contribution >= 4 is 23.1 Å². The molecule has 2 heterocycles. The fourth-order valence-corrected chi connectivity index (χ4v) is 4.38. The number of para-hydroxylation sites is 2. The van der Waals surface area contributed by atoms with Gasteiger partial charge in [-0.05, 0) is 18.6 Å². The van der Waals surface area contributed by atoms with Crippen molar-refractivity contribution in [3.8, 4) is 17.3 Å². The highest BCUT2D eigenvalue weighted by molar-refractivity contribution is 6.03. The van der Waals surface area contributed by atoms with E-state index in [0.717, 1.165) is 28.4 Å². The van der Waals surface area contributed by atoms with Gasteiger partial charge in [0.15, 0.2) is 5.78 Å². The summed E-state index contributed by atoms with van der Waals surface area (Å²) in [6, 6.07) is 21.5. The van der Waals surface area contributed by atoms with E-state index in [4.69, 9.17) is 4.52 Å². The number of allylic oxidation sites excluding steroid dienone is 1. The summed E-state index contributed by atoms with van der Waals surface area (Å²) in [4.78, 5) is 30.9. The molecule has 0 bridgehead atoms. The van der Waals surface area contributed by atoms with Crippen LogP contribution < -0.4 is 9.80 Å². The normalized spacial score (nSPS) is 12.3. The number of carbonyl (C=O) groups excluding carboxylic acids is 2. The van der Waals surface area contributed by atoms with Gasteiger partial charge in [0.2, 0.25) is 5.91 Å². The van der Waals surface area contributed by atoms with Crippen molar-refractivity contribution in [2.75, 3.05) is 37.5 Å². The topological polar surface area (TPSA) is 93.7 Å². The third-order valence-electron chi connectivity index (χ3n) is 6.39. The lowest BCUT2D eigenvalue weighted by molar-refractivity contribution is -0.131. The summed E-state index contributed by atoms with van der Waals surface area (Å²) < 4.78 is 5.43. The van der Waals surface area contributed by atoms with Crippen LogP contribution in [0.15, 0.2) is 76.6 Å². The maximum absolute atomic E-state index is 12.9. The second kappa shape index (κ2) is 10.9. The minimum absolute atomic E-state index is 0.0177. The summed E-state index contributed by atoms with van der Waals surface area (Å²) in [6.07, 6.45) is 1.39. The molecule has 0 saturated carbocycles. The third-order valence-corrected chi connectivity index (χ3v) is 6.39. The molecular formula is C28H29N5O3. The van der Waals surface area contributed by atoms with Gasteiger partial charge in [-0.2, -0.15) is 5.26 Å². The summed E-state index contributed by atoms with van der Waals surface area (Å²) in [5.41, 5.74) is 3.70. The summed E-state index contributed by atoms with van der Waals surface area (Å²) >= 11 is 0. The number of hydrogen-bond donors (Lipinski definition) is 0. The molecule has 1 aliphatic heterocycles. The van der Waals surface area contributed by atoms with Crippen molar-refractivity contribution in [2.24, 2.45) is 0 Å². The van der Waals surface area contributed by atoms with E-state index in [9.17, 15) is 14.9 Å². The number of fused-ring (bicyclic) bond motifs is 1. The Morgan fingerprint density at radius 2 is 1.64 bits per heavy atom. The molecule has 0 radical (unpaired) electrons. The van der Waals surface area contributed by atoms with Crippen molar-refractivity contribution in [1.82, 2.24) is 10.1 Å². The SMILES string of the molecule is CN(CCCc1cc(-c2ccccc2)no1)C(=O)CCC(=O)C(C#N)=C1N(C)c2ccccc2N1C. The zero-order valence-corrected chi connectivity index (χ0v) is 20.8. The number of rotatable bonds is 9. The van der Waals surface area contributed by atoms with E-state index in [1.54, 1.807) is 11.9 Å². The molecule has 3 aromatic rings. The van der Waals surface area contributed by atoms with Crippen molar-refractivity contribution in [3.05, 3.63) is 77.8 Å². The van der Waals surface area contributed by atoms with E-state index in [0.29, 0.717) is 25.2 Å². The van der Waals surface area contributed by atoms with E-state index in [1.165, 1.54) is 0 Å². The lowest BCUT2D eigenvalue weighted by Gasteiger charge is -2.20. The fourth-order valence-electron chi connectivity index (χ4n) is 4.38.